The Morgan fingerprint density at radius 2 is 1.38 bits per heavy atom. The average molecular weight is 376 g/mol. The third kappa shape index (κ3) is 15.4. The predicted molar refractivity (Wildman–Crippen MR) is 103 cm³/mol. The van der Waals surface area contributed by atoms with Crippen LogP contribution in [-0.2, 0) is 4.79 Å². The summed E-state index contributed by atoms with van der Waals surface area (Å²) in [5.41, 5.74) is 16.1. The van der Waals surface area contributed by atoms with E-state index in [2.05, 4.69) is 13.8 Å². The van der Waals surface area contributed by atoms with Crippen molar-refractivity contribution in [1.29, 1.82) is 0 Å². The standard InChI is InChI=1S/C6H16N2S2.C6H13NO2S2/c1-6(2,5-8)10-9-4-3-7;1-6(2,5(8)9)11-10-4-3-7/h3-5,7-8H2,1-2H3;3-4,7H2,1-2H3,(H,8,9). The highest BCUT2D eigenvalue weighted by atomic mass is 33.1. The van der Waals surface area contributed by atoms with Crippen molar-refractivity contribution in [1.82, 2.24) is 0 Å². The largest absolute Gasteiger partial charge is 0.480 e. The zero-order valence-corrected chi connectivity index (χ0v) is 16.5. The van der Waals surface area contributed by atoms with Gasteiger partial charge in [-0.15, -0.1) is 0 Å². The van der Waals surface area contributed by atoms with Crippen LogP contribution < -0.4 is 17.2 Å². The van der Waals surface area contributed by atoms with E-state index in [0.29, 0.717) is 6.54 Å². The van der Waals surface area contributed by atoms with Crippen LogP contribution in [0.4, 0.5) is 0 Å². The van der Waals surface area contributed by atoms with Crippen LogP contribution in [0.2, 0.25) is 0 Å². The van der Waals surface area contributed by atoms with E-state index in [0.717, 1.165) is 24.6 Å². The molecule has 0 unspecified atom stereocenters. The Bertz CT molecular complexity index is 279. The van der Waals surface area contributed by atoms with Gasteiger partial charge in [-0.25, -0.2) is 0 Å². The van der Waals surface area contributed by atoms with Crippen molar-refractivity contribution < 1.29 is 9.90 Å². The molecule has 0 aliphatic rings. The third-order valence-electron chi connectivity index (χ3n) is 1.96. The zero-order chi connectivity index (χ0) is 16.9. The Morgan fingerprint density at radius 3 is 1.71 bits per heavy atom. The first-order chi connectivity index (χ1) is 9.63. The van der Waals surface area contributed by atoms with Gasteiger partial charge in [0.05, 0.1) is 0 Å². The summed E-state index contributed by atoms with van der Waals surface area (Å²) < 4.78 is -0.514. The molecule has 0 radical (unpaired) electrons. The maximum absolute atomic E-state index is 10.5. The first-order valence-electron chi connectivity index (χ1n) is 6.57. The molecule has 0 bridgehead atoms. The van der Waals surface area contributed by atoms with E-state index in [9.17, 15) is 4.79 Å². The molecule has 0 aromatic carbocycles. The summed E-state index contributed by atoms with van der Waals surface area (Å²) in [7, 11) is 6.46. The molecule has 0 aliphatic heterocycles. The minimum absolute atomic E-state index is 0.194. The van der Waals surface area contributed by atoms with E-state index in [1.165, 1.54) is 21.6 Å². The van der Waals surface area contributed by atoms with Crippen LogP contribution in [0, 0.1) is 0 Å². The second-order valence-corrected chi connectivity index (χ2v) is 11.3. The maximum Gasteiger partial charge on any atom is 0.320 e. The van der Waals surface area contributed by atoms with Gasteiger partial charge in [0.15, 0.2) is 0 Å². The molecule has 0 rings (SSSR count). The van der Waals surface area contributed by atoms with Gasteiger partial charge < -0.3 is 22.3 Å². The van der Waals surface area contributed by atoms with E-state index < -0.39 is 10.7 Å². The summed E-state index contributed by atoms with van der Waals surface area (Å²) in [6, 6.07) is 0. The van der Waals surface area contributed by atoms with Crippen LogP contribution >= 0.6 is 43.2 Å². The molecule has 0 aliphatic carbocycles. The second-order valence-electron chi connectivity index (χ2n) is 5.17. The molecule has 0 saturated carbocycles. The highest BCUT2D eigenvalue weighted by molar-refractivity contribution is 8.77. The van der Waals surface area contributed by atoms with Gasteiger partial charge in [0, 0.05) is 35.9 Å². The number of rotatable bonds is 10. The van der Waals surface area contributed by atoms with Crippen molar-refractivity contribution in [2.75, 3.05) is 31.1 Å². The predicted octanol–water partition coefficient (Wildman–Crippen LogP) is 2.25. The number of aliphatic carboxylic acids is 1. The number of carbonyl (C=O) groups is 1. The van der Waals surface area contributed by atoms with Crippen molar-refractivity contribution >= 4 is 49.1 Å². The summed E-state index contributed by atoms with van der Waals surface area (Å²) in [6.07, 6.45) is 0. The molecule has 128 valence electrons. The van der Waals surface area contributed by atoms with Crippen LogP contribution in [0.5, 0.6) is 0 Å². The average Bonchev–Trinajstić information content (AvgIpc) is 2.39. The Kier molecular flexibility index (Phi) is 15.1. The van der Waals surface area contributed by atoms with Crippen LogP contribution in [0.15, 0.2) is 0 Å². The van der Waals surface area contributed by atoms with Crippen LogP contribution in [0.25, 0.3) is 0 Å². The van der Waals surface area contributed by atoms with Gasteiger partial charge in [-0.2, -0.15) is 0 Å². The minimum atomic E-state index is -0.785. The number of carboxylic acids is 1. The fourth-order valence-corrected chi connectivity index (χ4v) is 5.00. The minimum Gasteiger partial charge on any atom is -0.480 e. The summed E-state index contributed by atoms with van der Waals surface area (Å²) in [5, 5.41) is 8.68. The Labute approximate surface area is 144 Å². The lowest BCUT2D eigenvalue weighted by Gasteiger charge is -2.19. The lowest BCUT2D eigenvalue weighted by molar-refractivity contribution is -0.138. The topological polar surface area (TPSA) is 115 Å². The van der Waals surface area contributed by atoms with Gasteiger partial charge >= 0.3 is 5.97 Å². The zero-order valence-electron chi connectivity index (χ0n) is 13.3. The van der Waals surface area contributed by atoms with Crippen LogP contribution in [0.3, 0.4) is 0 Å². The van der Waals surface area contributed by atoms with Gasteiger partial charge in [-0.05, 0) is 27.7 Å². The van der Waals surface area contributed by atoms with Gasteiger partial charge in [0.1, 0.15) is 4.75 Å². The molecule has 7 N–H and O–H groups in total. The Balaban J connectivity index is 0. The molecule has 0 fully saturated rings. The third-order valence-corrected chi connectivity index (χ3v) is 8.52. The summed E-state index contributed by atoms with van der Waals surface area (Å²) in [4.78, 5) is 10.5. The molecular weight excluding hydrogens is 346 g/mol. The fraction of sp³-hybridized carbons (Fsp3) is 0.917. The van der Waals surface area contributed by atoms with Crippen molar-refractivity contribution in [2.45, 2.75) is 37.2 Å². The number of hydrogen-bond acceptors (Lipinski definition) is 8. The van der Waals surface area contributed by atoms with Gasteiger partial charge in [0.2, 0.25) is 0 Å². The quantitative estimate of drug-likeness (QED) is 0.337. The molecule has 9 heteroatoms. The summed E-state index contributed by atoms with van der Waals surface area (Å²) >= 11 is 0. The van der Waals surface area contributed by atoms with Crippen molar-refractivity contribution in [2.24, 2.45) is 17.2 Å². The Hall–Kier alpha value is 0.750. The normalized spacial score (nSPS) is 11.8. The van der Waals surface area contributed by atoms with Gasteiger partial charge in [0.25, 0.3) is 0 Å². The summed E-state index contributed by atoms with van der Waals surface area (Å²) in [6.45, 7) is 9.70. The first-order valence-corrected chi connectivity index (χ1v) is 11.2. The highest BCUT2D eigenvalue weighted by Crippen LogP contribution is 2.35. The number of hydrogen-bond donors (Lipinski definition) is 4. The van der Waals surface area contributed by atoms with E-state index in [4.69, 9.17) is 22.3 Å². The monoisotopic (exact) mass is 375 g/mol. The van der Waals surface area contributed by atoms with Crippen molar-refractivity contribution in [3.63, 3.8) is 0 Å². The van der Waals surface area contributed by atoms with Crippen LogP contribution in [0.1, 0.15) is 27.7 Å². The molecule has 5 nitrogen and oxygen atoms in total. The second kappa shape index (κ2) is 13.2. The Morgan fingerprint density at radius 1 is 0.952 bits per heavy atom. The van der Waals surface area contributed by atoms with Crippen molar-refractivity contribution in [3.05, 3.63) is 0 Å². The molecular formula is C12H29N3O2S4. The molecule has 0 atom stereocenters. The molecule has 0 spiro atoms. The summed E-state index contributed by atoms with van der Waals surface area (Å²) in [5.74, 6) is 1.02. The van der Waals surface area contributed by atoms with Crippen LogP contribution in [-0.4, -0.2) is 51.7 Å². The smallest absolute Gasteiger partial charge is 0.320 e. The van der Waals surface area contributed by atoms with E-state index in [1.54, 1.807) is 24.6 Å². The molecule has 0 heterocycles. The number of nitrogens with two attached hydrogens (primary N) is 3. The fourth-order valence-electron chi connectivity index (χ4n) is 0.556. The number of carboxylic acid groups (broad SMARTS) is 1. The maximum atomic E-state index is 10.5. The lowest BCUT2D eigenvalue weighted by Crippen LogP contribution is -2.26. The van der Waals surface area contributed by atoms with Gasteiger partial charge in [-0.1, -0.05) is 43.2 Å². The molecule has 0 aromatic rings. The molecule has 21 heavy (non-hydrogen) atoms. The molecule has 0 aromatic heterocycles. The van der Waals surface area contributed by atoms with E-state index >= 15 is 0 Å². The SMILES string of the molecule is CC(C)(CN)SSCCN.CC(C)(SSCCN)C(=O)O. The van der Waals surface area contributed by atoms with E-state index in [1.807, 2.05) is 10.8 Å². The molecule has 0 amide bonds. The van der Waals surface area contributed by atoms with Gasteiger partial charge in [-0.3, -0.25) is 4.79 Å². The lowest BCUT2D eigenvalue weighted by atomic mass is 10.2. The van der Waals surface area contributed by atoms with E-state index in [-0.39, 0.29) is 4.75 Å². The highest BCUT2D eigenvalue weighted by Gasteiger charge is 2.27. The first kappa shape index (κ1) is 24.0. The van der Waals surface area contributed by atoms with Crippen molar-refractivity contribution in [3.8, 4) is 0 Å². The molecule has 0 saturated heterocycles.